The van der Waals surface area contributed by atoms with Crippen LogP contribution in [0.5, 0.6) is 5.75 Å². The molecule has 0 saturated carbocycles. The first-order chi connectivity index (χ1) is 10.2. The second-order valence-corrected chi connectivity index (χ2v) is 6.29. The van der Waals surface area contributed by atoms with Gasteiger partial charge in [-0.05, 0) is 37.7 Å². The molecule has 0 spiro atoms. The lowest BCUT2D eigenvalue weighted by molar-refractivity contribution is 0.183. The molecule has 0 fully saturated rings. The van der Waals surface area contributed by atoms with Crippen molar-refractivity contribution in [3.63, 3.8) is 0 Å². The van der Waals surface area contributed by atoms with Crippen LogP contribution in [0.1, 0.15) is 17.4 Å². The Kier molecular flexibility index (Phi) is 4.27. The number of para-hydroxylation sites is 1. The van der Waals surface area contributed by atoms with Crippen LogP contribution in [-0.2, 0) is 0 Å². The summed E-state index contributed by atoms with van der Waals surface area (Å²) in [5, 5.41) is 3.17. The van der Waals surface area contributed by atoms with E-state index >= 15 is 0 Å². The normalized spacial score (nSPS) is 12.9. The van der Waals surface area contributed by atoms with Gasteiger partial charge in [0, 0.05) is 23.2 Å². The van der Waals surface area contributed by atoms with Crippen molar-refractivity contribution in [2.75, 3.05) is 20.6 Å². The van der Waals surface area contributed by atoms with Gasteiger partial charge >= 0.3 is 0 Å². The summed E-state index contributed by atoms with van der Waals surface area (Å²) in [6, 6.07) is 12.2. The first-order valence-electron chi connectivity index (χ1n) is 7.05. The quantitative estimate of drug-likeness (QED) is 0.667. The maximum absolute atomic E-state index is 6.27. The number of ether oxygens (including phenoxy) is 1. The molecule has 1 aromatic carbocycles. The summed E-state index contributed by atoms with van der Waals surface area (Å²) in [6.45, 7) is 0.983. The third-order valence-corrected chi connectivity index (χ3v) is 4.38. The minimum absolute atomic E-state index is 0.0584. The number of hydrogen-bond acceptors (Lipinski definition) is 4. The van der Waals surface area contributed by atoms with Crippen molar-refractivity contribution >= 4 is 22.3 Å². The van der Waals surface area contributed by atoms with Crippen LogP contribution < -0.4 is 4.74 Å². The fourth-order valence-corrected chi connectivity index (χ4v) is 3.11. The Labute approximate surface area is 128 Å². The van der Waals surface area contributed by atoms with Gasteiger partial charge in [-0.3, -0.25) is 0 Å². The number of nitrogens with zero attached hydrogens (tertiary/aromatic N) is 1. The smallest absolute Gasteiger partial charge is 0.175 e. The Bertz CT molecular complexity index is 688. The molecule has 0 amide bonds. The molecule has 0 radical (unpaired) electrons. The SMILES string of the molecule is CN(C)CC[C@H](Oc1cccc2ccoc12)c1cccs1. The molecule has 0 unspecified atom stereocenters. The second-order valence-electron chi connectivity index (χ2n) is 5.31. The Morgan fingerprint density at radius 3 is 2.86 bits per heavy atom. The van der Waals surface area contributed by atoms with Gasteiger partial charge in [-0.15, -0.1) is 11.3 Å². The average molecular weight is 301 g/mol. The van der Waals surface area contributed by atoms with E-state index < -0.39 is 0 Å². The van der Waals surface area contributed by atoms with Gasteiger partial charge in [-0.2, -0.15) is 0 Å². The summed E-state index contributed by atoms with van der Waals surface area (Å²) in [5.41, 5.74) is 0.823. The molecule has 2 heterocycles. The van der Waals surface area contributed by atoms with E-state index in [-0.39, 0.29) is 6.10 Å². The van der Waals surface area contributed by atoms with Gasteiger partial charge in [-0.25, -0.2) is 0 Å². The molecule has 0 aliphatic heterocycles. The minimum Gasteiger partial charge on any atom is -0.481 e. The fraction of sp³-hybridized carbons (Fsp3) is 0.294. The molecule has 0 saturated heterocycles. The van der Waals surface area contributed by atoms with Crippen molar-refractivity contribution < 1.29 is 9.15 Å². The number of furan rings is 1. The molecular weight excluding hydrogens is 282 g/mol. The van der Waals surface area contributed by atoms with Crippen LogP contribution in [0.25, 0.3) is 11.0 Å². The Morgan fingerprint density at radius 1 is 1.19 bits per heavy atom. The Hall–Kier alpha value is -1.78. The summed E-state index contributed by atoms with van der Waals surface area (Å²) in [5.74, 6) is 0.814. The largest absolute Gasteiger partial charge is 0.481 e. The first-order valence-corrected chi connectivity index (χ1v) is 7.93. The maximum atomic E-state index is 6.27. The van der Waals surface area contributed by atoms with Gasteiger partial charge in [0.15, 0.2) is 11.3 Å². The standard InChI is InChI=1S/C17H19NO2S/c1-18(2)10-8-14(16-7-4-12-21-16)20-15-6-3-5-13-9-11-19-17(13)15/h3-7,9,11-12,14H,8,10H2,1-2H3/t14-/m0/s1. The summed E-state index contributed by atoms with van der Waals surface area (Å²) < 4.78 is 11.8. The topological polar surface area (TPSA) is 25.6 Å². The average Bonchev–Trinajstić information content (AvgIpc) is 3.13. The molecule has 1 atom stereocenters. The minimum atomic E-state index is 0.0584. The summed E-state index contributed by atoms with van der Waals surface area (Å²) in [4.78, 5) is 3.43. The summed E-state index contributed by atoms with van der Waals surface area (Å²) in [7, 11) is 4.16. The van der Waals surface area contributed by atoms with Gasteiger partial charge in [-0.1, -0.05) is 18.2 Å². The molecular formula is C17H19NO2S. The highest BCUT2D eigenvalue weighted by Gasteiger charge is 2.17. The predicted octanol–water partition coefficient (Wildman–Crippen LogP) is 4.57. The molecule has 3 nitrogen and oxygen atoms in total. The fourth-order valence-electron chi connectivity index (χ4n) is 2.32. The zero-order chi connectivity index (χ0) is 14.7. The van der Waals surface area contributed by atoms with Crippen LogP contribution in [0.2, 0.25) is 0 Å². The first kappa shape index (κ1) is 14.2. The lowest BCUT2D eigenvalue weighted by Crippen LogP contribution is -2.18. The molecule has 0 aliphatic carbocycles. The van der Waals surface area contributed by atoms with E-state index in [0.29, 0.717) is 0 Å². The van der Waals surface area contributed by atoms with E-state index in [1.165, 1.54) is 4.88 Å². The van der Waals surface area contributed by atoms with Crippen molar-refractivity contribution in [3.8, 4) is 5.75 Å². The van der Waals surface area contributed by atoms with Crippen molar-refractivity contribution in [1.82, 2.24) is 4.90 Å². The van der Waals surface area contributed by atoms with E-state index in [4.69, 9.17) is 9.15 Å². The monoisotopic (exact) mass is 301 g/mol. The maximum Gasteiger partial charge on any atom is 0.175 e. The van der Waals surface area contributed by atoms with Gasteiger partial charge in [0.1, 0.15) is 6.10 Å². The molecule has 2 aromatic heterocycles. The molecule has 110 valence electrons. The van der Waals surface area contributed by atoms with Crippen molar-refractivity contribution in [3.05, 3.63) is 52.9 Å². The summed E-state index contributed by atoms with van der Waals surface area (Å²) >= 11 is 1.74. The third kappa shape index (κ3) is 3.28. The van der Waals surface area contributed by atoms with Gasteiger partial charge < -0.3 is 14.1 Å². The number of benzene rings is 1. The molecule has 4 heteroatoms. The number of fused-ring (bicyclic) bond motifs is 1. The molecule has 21 heavy (non-hydrogen) atoms. The third-order valence-electron chi connectivity index (χ3n) is 3.41. The molecule has 3 aromatic rings. The van der Waals surface area contributed by atoms with Crippen LogP contribution in [0.15, 0.2) is 52.5 Å². The molecule has 0 N–H and O–H groups in total. The lowest BCUT2D eigenvalue weighted by Gasteiger charge is -2.20. The van der Waals surface area contributed by atoms with E-state index in [9.17, 15) is 0 Å². The molecule has 3 rings (SSSR count). The predicted molar refractivity (Wildman–Crippen MR) is 87.1 cm³/mol. The van der Waals surface area contributed by atoms with E-state index in [1.807, 2.05) is 24.3 Å². The molecule has 0 aliphatic rings. The second kappa shape index (κ2) is 6.33. The van der Waals surface area contributed by atoms with Crippen LogP contribution >= 0.6 is 11.3 Å². The van der Waals surface area contributed by atoms with Crippen LogP contribution in [0.4, 0.5) is 0 Å². The number of rotatable bonds is 6. The highest BCUT2D eigenvalue weighted by atomic mass is 32.1. The van der Waals surface area contributed by atoms with E-state index in [2.05, 4.69) is 36.5 Å². The van der Waals surface area contributed by atoms with E-state index in [1.54, 1.807) is 17.6 Å². The van der Waals surface area contributed by atoms with Crippen LogP contribution in [-0.4, -0.2) is 25.5 Å². The van der Waals surface area contributed by atoms with Gasteiger partial charge in [0.25, 0.3) is 0 Å². The van der Waals surface area contributed by atoms with Crippen LogP contribution in [0, 0.1) is 0 Å². The number of thiophene rings is 1. The lowest BCUT2D eigenvalue weighted by atomic mass is 10.2. The van der Waals surface area contributed by atoms with E-state index in [0.717, 1.165) is 29.7 Å². The zero-order valence-electron chi connectivity index (χ0n) is 12.3. The Morgan fingerprint density at radius 2 is 2.10 bits per heavy atom. The highest BCUT2D eigenvalue weighted by Crippen LogP contribution is 2.33. The van der Waals surface area contributed by atoms with Crippen LogP contribution in [0.3, 0.4) is 0 Å². The van der Waals surface area contributed by atoms with Crippen molar-refractivity contribution in [2.45, 2.75) is 12.5 Å². The zero-order valence-corrected chi connectivity index (χ0v) is 13.1. The number of hydrogen-bond donors (Lipinski definition) is 0. The van der Waals surface area contributed by atoms with Gasteiger partial charge in [0.2, 0.25) is 0 Å². The van der Waals surface area contributed by atoms with Crippen molar-refractivity contribution in [1.29, 1.82) is 0 Å². The highest BCUT2D eigenvalue weighted by molar-refractivity contribution is 7.10. The van der Waals surface area contributed by atoms with Crippen molar-refractivity contribution in [2.24, 2.45) is 0 Å². The molecule has 0 bridgehead atoms. The Balaban J connectivity index is 1.85. The van der Waals surface area contributed by atoms with Gasteiger partial charge in [0.05, 0.1) is 6.26 Å². The summed E-state index contributed by atoms with van der Waals surface area (Å²) in [6.07, 6.45) is 2.71.